The van der Waals surface area contributed by atoms with Crippen molar-refractivity contribution < 1.29 is 0 Å². The lowest BCUT2D eigenvalue weighted by atomic mass is 10.1. The quantitative estimate of drug-likeness (QED) is 0.487. The second kappa shape index (κ2) is 7.07. The van der Waals surface area contributed by atoms with Gasteiger partial charge >= 0.3 is 0 Å². The summed E-state index contributed by atoms with van der Waals surface area (Å²) >= 11 is 1.72. The molecule has 0 bridgehead atoms. The average molecular weight is 346 g/mol. The van der Waals surface area contributed by atoms with Crippen LogP contribution in [0.15, 0.2) is 72.0 Å². The van der Waals surface area contributed by atoms with Gasteiger partial charge in [0, 0.05) is 18.5 Å². The maximum Gasteiger partial charge on any atom is 0.191 e. The zero-order valence-electron chi connectivity index (χ0n) is 14.0. The Morgan fingerprint density at radius 3 is 2.60 bits per heavy atom. The highest BCUT2D eigenvalue weighted by molar-refractivity contribution is 7.98. The molecule has 0 unspecified atom stereocenters. The second-order valence-electron chi connectivity index (χ2n) is 5.69. The van der Waals surface area contributed by atoms with E-state index < -0.39 is 0 Å². The molecule has 124 valence electrons. The molecule has 0 saturated heterocycles. The van der Waals surface area contributed by atoms with Crippen LogP contribution < -0.4 is 0 Å². The van der Waals surface area contributed by atoms with Gasteiger partial charge in [-0.2, -0.15) is 0 Å². The summed E-state index contributed by atoms with van der Waals surface area (Å²) < 4.78 is 2.12. The van der Waals surface area contributed by atoms with E-state index >= 15 is 0 Å². The van der Waals surface area contributed by atoms with Crippen molar-refractivity contribution in [2.24, 2.45) is 0 Å². The van der Waals surface area contributed by atoms with Crippen LogP contribution in [0.5, 0.6) is 0 Å². The van der Waals surface area contributed by atoms with E-state index in [1.165, 1.54) is 16.3 Å². The summed E-state index contributed by atoms with van der Waals surface area (Å²) in [7, 11) is 0. The van der Waals surface area contributed by atoms with Crippen molar-refractivity contribution in [3.05, 3.63) is 72.4 Å². The van der Waals surface area contributed by atoms with Crippen LogP contribution in [0.25, 0.3) is 22.3 Å². The van der Waals surface area contributed by atoms with Gasteiger partial charge in [0.15, 0.2) is 11.0 Å². The maximum absolute atomic E-state index is 4.40. The number of pyridine rings is 1. The van der Waals surface area contributed by atoms with Crippen molar-refractivity contribution in [1.82, 2.24) is 19.7 Å². The fourth-order valence-electron chi connectivity index (χ4n) is 2.93. The summed E-state index contributed by atoms with van der Waals surface area (Å²) in [6.07, 6.45) is 1.78. The molecule has 5 heteroatoms. The van der Waals surface area contributed by atoms with Gasteiger partial charge in [0.05, 0.1) is 0 Å². The Bertz CT molecular complexity index is 990. The van der Waals surface area contributed by atoms with E-state index in [0.29, 0.717) is 0 Å². The molecule has 0 N–H and O–H groups in total. The highest BCUT2D eigenvalue weighted by Gasteiger charge is 2.14. The van der Waals surface area contributed by atoms with Gasteiger partial charge in [0.25, 0.3) is 0 Å². The number of hydrogen-bond acceptors (Lipinski definition) is 4. The van der Waals surface area contributed by atoms with Crippen molar-refractivity contribution in [2.45, 2.75) is 24.4 Å². The smallest absolute Gasteiger partial charge is 0.191 e. The number of rotatable bonds is 5. The van der Waals surface area contributed by atoms with E-state index in [0.717, 1.165) is 29.0 Å². The molecular formula is C20H18N4S. The van der Waals surface area contributed by atoms with Crippen molar-refractivity contribution in [3.63, 3.8) is 0 Å². The lowest BCUT2D eigenvalue weighted by Gasteiger charge is -2.08. The summed E-state index contributed by atoms with van der Waals surface area (Å²) in [5.74, 6) is 1.69. The third-order valence-corrected chi connectivity index (χ3v) is 5.18. The predicted octanol–water partition coefficient (Wildman–Crippen LogP) is 4.81. The molecular weight excluding hydrogens is 328 g/mol. The van der Waals surface area contributed by atoms with Crippen molar-refractivity contribution in [2.75, 3.05) is 0 Å². The lowest BCUT2D eigenvalue weighted by Crippen LogP contribution is -2.00. The fourth-order valence-corrected chi connectivity index (χ4v) is 3.93. The largest absolute Gasteiger partial charge is 0.301 e. The normalized spacial score (nSPS) is 11.1. The molecule has 0 saturated carbocycles. The molecule has 0 amide bonds. The highest BCUT2D eigenvalue weighted by atomic mass is 32.2. The average Bonchev–Trinajstić information content (AvgIpc) is 3.10. The SMILES string of the molecule is CCn1c(SCc2cccc3ccccc23)nnc1-c1ccccn1. The van der Waals surface area contributed by atoms with E-state index in [1.54, 1.807) is 18.0 Å². The third kappa shape index (κ3) is 3.15. The third-order valence-electron chi connectivity index (χ3n) is 4.16. The Morgan fingerprint density at radius 1 is 0.920 bits per heavy atom. The summed E-state index contributed by atoms with van der Waals surface area (Å²) in [4.78, 5) is 4.40. The number of benzene rings is 2. The Hall–Kier alpha value is -2.66. The lowest BCUT2D eigenvalue weighted by molar-refractivity contribution is 0.686. The summed E-state index contributed by atoms with van der Waals surface area (Å²) in [5, 5.41) is 12.2. The van der Waals surface area contributed by atoms with Crippen LogP contribution in [-0.2, 0) is 12.3 Å². The maximum atomic E-state index is 4.40. The Kier molecular flexibility index (Phi) is 4.48. The van der Waals surface area contributed by atoms with Crippen molar-refractivity contribution in [3.8, 4) is 11.5 Å². The van der Waals surface area contributed by atoms with E-state index in [1.807, 2.05) is 18.2 Å². The first-order chi connectivity index (χ1) is 12.4. The number of hydrogen-bond donors (Lipinski definition) is 0. The Labute approximate surface area is 150 Å². The molecule has 25 heavy (non-hydrogen) atoms. The van der Waals surface area contributed by atoms with Crippen LogP contribution in [0.3, 0.4) is 0 Å². The molecule has 0 aliphatic carbocycles. The summed E-state index contributed by atoms with van der Waals surface area (Å²) in [5.41, 5.74) is 2.17. The van der Waals surface area contributed by atoms with Crippen molar-refractivity contribution in [1.29, 1.82) is 0 Å². The fraction of sp³-hybridized carbons (Fsp3) is 0.150. The monoisotopic (exact) mass is 346 g/mol. The van der Waals surface area contributed by atoms with Crippen molar-refractivity contribution >= 4 is 22.5 Å². The minimum Gasteiger partial charge on any atom is -0.301 e. The van der Waals surface area contributed by atoms with E-state index in [-0.39, 0.29) is 0 Å². The van der Waals surface area contributed by atoms with Gasteiger partial charge in [-0.25, -0.2) is 0 Å². The predicted molar refractivity (Wildman–Crippen MR) is 102 cm³/mol. The van der Waals surface area contributed by atoms with E-state index in [2.05, 4.69) is 69.1 Å². The molecule has 4 nitrogen and oxygen atoms in total. The van der Waals surface area contributed by atoms with Crippen LogP contribution in [0.4, 0.5) is 0 Å². The van der Waals surface area contributed by atoms with Gasteiger partial charge < -0.3 is 4.57 Å². The first-order valence-corrected chi connectivity index (χ1v) is 9.29. The first-order valence-electron chi connectivity index (χ1n) is 8.31. The molecule has 2 aromatic carbocycles. The second-order valence-corrected chi connectivity index (χ2v) is 6.63. The van der Waals surface area contributed by atoms with Crippen LogP contribution in [0.1, 0.15) is 12.5 Å². The van der Waals surface area contributed by atoms with E-state index in [4.69, 9.17) is 0 Å². The van der Waals surface area contributed by atoms with Crippen LogP contribution in [0.2, 0.25) is 0 Å². The summed E-state index contributed by atoms with van der Waals surface area (Å²) in [6.45, 7) is 2.93. The van der Waals surface area contributed by atoms with E-state index in [9.17, 15) is 0 Å². The molecule has 2 aromatic heterocycles. The van der Waals surface area contributed by atoms with Crippen LogP contribution in [0, 0.1) is 0 Å². The molecule has 0 atom stereocenters. The number of aromatic nitrogens is 4. The molecule has 4 rings (SSSR count). The number of fused-ring (bicyclic) bond motifs is 1. The van der Waals surface area contributed by atoms with Crippen LogP contribution in [-0.4, -0.2) is 19.7 Å². The summed E-state index contributed by atoms with van der Waals surface area (Å²) in [6, 6.07) is 20.8. The van der Waals surface area contributed by atoms with Gasteiger partial charge in [0.1, 0.15) is 5.69 Å². The first kappa shape index (κ1) is 15.8. The number of thioether (sulfide) groups is 1. The minimum absolute atomic E-state index is 0.816. The van der Waals surface area contributed by atoms with Gasteiger partial charge in [-0.1, -0.05) is 60.3 Å². The minimum atomic E-state index is 0.816. The zero-order chi connectivity index (χ0) is 17.1. The molecule has 4 aromatic rings. The van der Waals surface area contributed by atoms with Gasteiger partial charge in [0.2, 0.25) is 0 Å². The highest BCUT2D eigenvalue weighted by Crippen LogP contribution is 2.28. The molecule has 0 aliphatic rings. The molecule has 2 heterocycles. The standard InChI is InChI=1S/C20H18N4S/c1-2-24-19(18-12-5-6-13-21-18)22-23-20(24)25-14-16-10-7-9-15-8-3-4-11-17(15)16/h3-13H,2,14H2,1H3. The molecule has 0 radical (unpaired) electrons. The number of nitrogens with zero attached hydrogens (tertiary/aromatic N) is 4. The molecule has 0 aliphatic heterocycles. The van der Waals surface area contributed by atoms with Gasteiger partial charge in [-0.05, 0) is 35.4 Å². The molecule has 0 fully saturated rings. The zero-order valence-corrected chi connectivity index (χ0v) is 14.8. The Balaban J connectivity index is 1.62. The van der Waals surface area contributed by atoms with Gasteiger partial charge in [-0.15, -0.1) is 10.2 Å². The Morgan fingerprint density at radius 2 is 1.76 bits per heavy atom. The van der Waals surface area contributed by atoms with Crippen LogP contribution >= 0.6 is 11.8 Å². The molecule has 0 spiro atoms. The topological polar surface area (TPSA) is 43.6 Å². The van der Waals surface area contributed by atoms with Gasteiger partial charge in [-0.3, -0.25) is 4.98 Å².